The summed E-state index contributed by atoms with van der Waals surface area (Å²) in [4.78, 5) is 1.65. The first-order chi connectivity index (χ1) is 14.2. The van der Waals surface area contributed by atoms with Gasteiger partial charge in [-0.3, -0.25) is 5.41 Å². The number of piperidine rings is 1. The molecule has 32 heavy (non-hydrogen) atoms. The van der Waals surface area contributed by atoms with Crippen molar-refractivity contribution in [3.05, 3.63) is 47.0 Å². The summed E-state index contributed by atoms with van der Waals surface area (Å²) < 4.78 is 36.5. The molecular weight excluding hydrogens is 499 g/mol. The molecule has 0 aliphatic carbocycles. The Bertz CT molecular complexity index is 1050. The molecule has 1 heterocycles. The third-order valence-electron chi connectivity index (χ3n) is 4.93. The number of likely N-dealkylation sites (tertiary alicyclic amines) is 1. The van der Waals surface area contributed by atoms with E-state index in [0.29, 0.717) is 18.3 Å². The van der Waals surface area contributed by atoms with Crippen LogP contribution in [-0.4, -0.2) is 39.0 Å². The molecule has 1 saturated heterocycles. The van der Waals surface area contributed by atoms with Crippen LogP contribution >= 0.6 is 36.4 Å². The van der Waals surface area contributed by atoms with Crippen LogP contribution in [0.2, 0.25) is 5.02 Å². The Morgan fingerprint density at radius 3 is 2.44 bits per heavy atom. The van der Waals surface area contributed by atoms with Gasteiger partial charge in [0.2, 0.25) is 0 Å². The molecule has 3 rings (SSSR count). The maximum atomic E-state index is 12.7. The largest absolute Gasteiger partial charge is 0.493 e. The molecule has 0 spiro atoms. The normalized spacial score (nSPS) is 14.1. The van der Waals surface area contributed by atoms with E-state index in [9.17, 15) is 8.42 Å². The molecule has 1 aliphatic rings. The van der Waals surface area contributed by atoms with Crippen molar-refractivity contribution >= 4 is 58.2 Å². The number of guanidine groups is 1. The summed E-state index contributed by atoms with van der Waals surface area (Å²) in [6.45, 7) is 3.77. The first-order valence-corrected chi connectivity index (χ1v) is 11.3. The number of anilines is 1. The zero-order valence-electron chi connectivity index (χ0n) is 17.4. The van der Waals surface area contributed by atoms with Crippen molar-refractivity contribution in [3.8, 4) is 11.5 Å². The van der Waals surface area contributed by atoms with E-state index < -0.39 is 10.1 Å². The molecule has 2 aromatic carbocycles. The number of nitrogens with one attached hydrogen (secondary N) is 1. The van der Waals surface area contributed by atoms with Crippen molar-refractivity contribution in [2.75, 3.05) is 25.4 Å². The molecule has 0 saturated carbocycles. The number of ether oxygens (including phenoxy) is 1. The lowest BCUT2D eigenvalue weighted by Crippen LogP contribution is -2.43. The maximum Gasteiger partial charge on any atom is 0.340 e. The lowest BCUT2D eigenvalue weighted by molar-refractivity contribution is 0.180. The molecule has 0 atom stereocenters. The Labute approximate surface area is 205 Å². The molecule has 0 unspecified atom stereocenters. The van der Waals surface area contributed by atoms with Gasteiger partial charge in [0, 0.05) is 19.2 Å². The number of nitrogens with two attached hydrogens (primary N) is 2. The number of rotatable bonds is 6. The second-order valence-corrected chi connectivity index (χ2v) is 9.20. The molecular formula is C20H27Cl3N4O4S. The van der Waals surface area contributed by atoms with Gasteiger partial charge in [0.1, 0.15) is 16.4 Å². The maximum absolute atomic E-state index is 12.7. The number of hydrogen-bond acceptors (Lipinski definition) is 6. The number of benzene rings is 2. The topological polar surface area (TPSA) is 132 Å². The van der Waals surface area contributed by atoms with Gasteiger partial charge in [-0.1, -0.05) is 17.7 Å². The minimum Gasteiger partial charge on any atom is -0.493 e. The van der Waals surface area contributed by atoms with Gasteiger partial charge < -0.3 is 25.3 Å². The van der Waals surface area contributed by atoms with E-state index >= 15 is 0 Å². The van der Waals surface area contributed by atoms with E-state index in [1.54, 1.807) is 6.07 Å². The highest BCUT2D eigenvalue weighted by Gasteiger charge is 2.23. The second kappa shape index (κ2) is 11.7. The fraction of sp³-hybridized carbons (Fsp3) is 0.350. The van der Waals surface area contributed by atoms with E-state index in [-0.39, 0.29) is 52.1 Å². The van der Waals surface area contributed by atoms with Gasteiger partial charge in [-0.25, -0.2) is 0 Å². The first kappa shape index (κ1) is 28.0. The fourth-order valence-corrected chi connectivity index (χ4v) is 4.72. The Hall–Kier alpha value is -2.07. The van der Waals surface area contributed by atoms with Crippen LogP contribution in [-0.2, 0) is 10.1 Å². The first-order valence-electron chi connectivity index (χ1n) is 9.47. The van der Waals surface area contributed by atoms with Gasteiger partial charge in [0.15, 0.2) is 5.96 Å². The van der Waals surface area contributed by atoms with E-state index in [1.807, 2.05) is 17.9 Å². The summed E-state index contributed by atoms with van der Waals surface area (Å²) in [5.74, 6) is 1.08. The van der Waals surface area contributed by atoms with Crippen molar-refractivity contribution in [2.45, 2.75) is 24.7 Å². The average molecular weight is 526 g/mol. The van der Waals surface area contributed by atoms with E-state index in [1.165, 1.54) is 24.3 Å². The molecule has 12 heteroatoms. The molecule has 2 aromatic rings. The van der Waals surface area contributed by atoms with Gasteiger partial charge in [-0.15, -0.1) is 24.8 Å². The summed E-state index contributed by atoms with van der Waals surface area (Å²) in [7, 11) is -4.15. The van der Waals surface area contributed by atoms with Crippen molar-refractivity contribution in [3.63, 3.8) is 0 Å². The monoisotopic (exact) mass is 524 g/mol. The average Bonchev–Trinajstić information content (AvgIpc) is 2.68. The highest BCUT2D eigenvalue weighted by Crippen LogP contribution is 2.31. The van der Waals surface area contributed by atoms with Crippen molar-refractivity contribution in [1.29, 1.82) is 5.41 Å². The number of nitrogen functional groups attached to an aromatic ring is 1. The number of aryl methyl sites for hydroxylation is 1. The Morgan fingerprint density at radius 1 is 1.19 bits per heavy atom. The van der Waals surface area contributed by atoms with Crippen LogP contribution in [0.3, 0.4) is 0 Å². The third-order valence-corrected chi connectivity index (χ3v) is 6.76. The Kier molecular flexibility index (Phi) is 10.2. The Balaban J connectivity index is 0.00000256. The van der Waals surface area contributed by atoms with Crippen LogP contribution in [0.4, 0.5) is 5.69 Å². The lowest BCUT2D eigenvalue weighted by atomic mass is 9.98. The van der Waals surface area contributed by atoms with Crippen molar-refractivity contribution in [2.24, 2.45) is 11.7 Å². The highest BCUT2D eigenvalue weighted by molar-refractivity contribution is 7.87. The lowest BCUT2D eigenvalue weighted by Gasteiger charge is -2.32. The van der Waals surface area contributed by atoms with Crippen LogP contribution in [0, 0.1) is 18.3 Å². The zero-order chi connectivity index (χ0) is 21.9. The van der Waals surface area contributed by atoms with Gasteiger partial charge in [0.25, 0.3) is 0 Å². The van der Waals surface area contributed by atoms with Gasteiger partial charge in [-0.05, 0) is 55.5 Å². The van der Waals surface area contributed by atoms with Crippen molar-refractivity contribution in [1.82, 2.24) is 4.90 Å². The van der Waals surface area contributed by atoms with Crippen LogP contribution in [0.15, 0.2) is 41.3 Å². The number of halogens is 3. The summed E-state index contributed by atoms with van der Waals surface area (Å²) in [6, 6.07) is 9.32. The van der Waals surface area contributed by atoms with E-state index in [2.05, 4.69) is 0 Å². The van der Waals surface area contributed by atoms with Gasteiger partial charge >= 0.3 is 10.1 Å². The third kappa shape index (κ3) is 6.96. The Morgan fingerprint density at radius 2 is 1.81 bits per heavy atom. The predicted molar refractivity (Wildman–Crippen MR) is 131 cm³/mol. The summed E-state index contributed by atoms with van der Waals surface area (Å²) in [5, 5.41) is 7.42. The number of hydrogen-bond donors (Lipinski definition) is 3. The molecule has 178 valence electrons. The summed E-state index contributed by atoms with van der Waals surface area (Å²) >= 11 is 6.04. The number of nitrogens with zero attached hydrogens (tertiary/aromatic N) is 1. The molecule has 0 amide bonds. The SMILES string of the molecule is Cc1cc(OCC2CCN(C(=N)N)CC2)cc(OS(=O)(=O)c2cccc(N)c2Cl)c1.Cl.Cl. The minimum atomic E-state index is -4.15. The van der Waals surface area contributed by atoms with Gasteiger partial charge in [0.05, 0.1) is 17.3 Å². The van der Waals surface area contributed by atoms with E-state index in [4.69, 9.17) is 37.4 Å². The molecule has 0 radical (unpaired) electrons. The molecule has 1 fully saturated rings. The fourth-order valence-electron chi connectivity index (χ4n) is 3.29. The van der Waals surface area contributed by atoms with Crippen LogP contribution < -0.4 is 20.4 Å². The molecule has 0 bridgehead atoms. The van der Waals surface area contributed by atoms with Crippen LogP contribution in [0.1, 0.15) is 18.4 Å². The van der Waals surface area contributed by atoms with Crippen molar-refractivity contribution < 1.29 is 17.3 Å². The minimum absolute atomic E-state index is 0. The summed E-state index contributed by atoms with van der Waals surface area (Å²) in [5.41, 5.74) is 12.2. The quantitative estimate of drug-likeness (QED) is 0.226. The standard InChI is InChI=1S/C20H25ClN4O4S.2ClH/c1-13-9-15(28-12-14-5-7-25(8-6-14)20(23)24)11-16(10-13)29-30(26,27)18-4-2-3-17(22)19(18)21;;/h2-4,9-11,14H,5-8,12,22H2,1H3,(H3,23,24);2*1H. The molecule has 5 N–H and O–H groups in total. The molecule has 1 aliphatic heterocycles. The highest BCUT2D eigenvalue weighted by atomic mass is 35.5. The van der Waals surface area contributed by atoms with Crippen LogP contribution in [0.25, 0.3) is 0 Å². The molecule has 8 nitrogen and oxygen atoms in total. The van der Waals surface area contributed by atoms with Crippen LogP contribution in [0.5, 0.6) is 11.5 Å². The molecule has 0 aromatic heterocycles. The zero-order valence-corrected chi connectivity index (χ0v) is 20.6. The predicted octanol–water partition coefficient (Wildman–Crippen LogP) is 3.83. The summed E-state index contributed by atoms with van der Waals surface area (Å²) in [6.07, 6.45) is 1.74. The smallest absolute Gasteiger partial charge is 0.340 e. The van der Waals surface area contributed by atoms with Gasteiger partial charge in [-0.2, -0.15) is 8.42 Å². The second-order valence-electron chi connectivity index (χ2n) is 7.31. The van der Waals surface area contributed by atoms with E-state index in [0.717, 1.165) is 31.5 Å².